The van der Waals surface area contributed by atoms with Gasteiger partial charge in [0, 0.05) is 36.1 Å². The van der Waals surface area contributed by atoms with Crippen LogP contribution in [0.15, 0.2) is 18.2 Å². The highest BCUT2D eigenvalue weighted by molar-refractivity contribution is 7.98. The lowest BCUT2D eigenvalue weighted by molar-refractivity contribution is 0.556. The summed E-state index contributed by atoms with van der Waals surface area (Å²) in [5.41, 5.74) is 1.75. The van der Waals surface area contributed by atoms with Crippen molar-refractivity contribution < 1.29 is 4.39 Å². The van der Waals surface area contributed by atoms with E-state index in [4.69, 9.17) is 0 Å². The fourth-order valence-corrected chi connectivity index (χ4v) is 3.14. The van der Waals surface area contributed by atoms with Gasteiger partial charge in [-0.05, 0) is 38.8 Å². The van der Waals surface area contributed by atoms with Gasteiger partial charge in [0.1, 0.15) is 5.82 Å². The summed E-state index contributed by atoms with van der Waals surface area (Å²) in [6, 6.07) is 5.77. The predicted molar refractivity (Wildman–Crippen MR) is 84.7 cm³/mol. The van der Waals surface area contributed by atoms with Gasteiger partial charge >= 0.3 is 0 Å². The molecule has 0 spiro atoms. The Hall–Kier alpha value is -0.740. The second kappa shape index (κ2) is 7.75. The second-order valence-electron chi connectivity index (χ2n) is 4.81. The van der Waals surface area contributed by atoms with E-state index < -0.39 is 0 Å². The Kier molecular flexibility index (Phi) is 6.66. The third-order valence-electron chi connectivity index (χ3n) is 3.65. The summed E-state index contributed by atoms with van der Waals surface area (Å²) in [7, 11) is 3.92. The van der Waals surface area contributed by atoms with Crippen LogP contribution in [0.25, 0.3) is 0 Å². The van der Waals surface area contributed by atoms with Crippen LogP contribution >= 0.6 is 11.8 Å². The van der Waals surface area contributed by atoms with E-state index in [1.807, 2.05) is 31.8 Å². The fourth-order valence-electron chi connectivity index (χ4n) is 2.30. The average Bonchev–Trinajstić information content (AvgIpc) is 2.42. The number of thioether (sulfide) groups is 1. The van der Waals surface area contributed by atoms with Crippen molar-refractivity contribution >= 4 is 17.4 Å². The SMILES string of the molecule is CCC(CSC)N(C)c1cccc(F)c1C(C)NC. The van der Waals surface area contributed by atoms with E-state index in [9.17, 15) is 4.39 Å². The van der Waals surface area contributed by atoms with Gasteiger partial charge in [0.25, 0.3) is 0 Å². The number of nitrogens with one attached hydrogen (secondary N) is 1. The van der Waals surface area contributed by atoms with Crippen molar-refractivity contribution in [2.24, 2.45) is 0 Å². The monoisotopic (exact) mass is 284 g/mol. The van der Waals surface area contributed by atoms with Crippen LogP contribution < -0.4 is 10.2 Å². The molecule has 0 aliphatic carbocycles. The summed E-state index contributed by atoms with van der Waals surface area (Å²) < 4.78 is 14.1. The number of halogens is 1. The van der Waals surface area contributed by atoms with Crippen molar-refractivity contribution in [1.29, 1.82) is 0 Å². The lowest BCUT2D eigenvalue weighted by Crippen LogP contribution is -2.34. The van der Waals surface area contributed by atoms with Crippen LogP contribution in [0.4, 0.5) is 10.1 Å². The van der Waals surface area contributed by atoms with Crippen LogP contribution in [0.3, 0.4) is 0 Å². The van der Waals surface area contributed by atoms with Crippen LogP contribution in [0.5, 0.6) is 0 Å². The van der Waals surface area contributed by atoms with Crippen LogP contribution in [-0.2, 0) is 0 Å². The zero-order valence-corrected chi connectivity index (χ0v) is 13.4. The van der Waals surface area contributed by atoms with Crippen molar-refractivity contribution in [2.45, 2.75) is 32.4 Å². The molecule has 0 bridgehead atoms. The summed E-state index contributed by atoms with van der Waals surface area (Å²) in [6.45, 7) is 4.17. The third-order valence-corrected chi connectivity index (χ3v) is 4.37. The Morgan fingerprint density at radius 1 is 1.42 bits per heavy atom. The predicted octanol–water partition coefficient (Wildman–Crippen LogP) is 3.68. The number of rotatable bonds is 7. The van der Waals surface area contributed by atoms with E-state index >= 15 is 0 Å². The lowest BCUT2D eigenvalue weighted by atomic mass is 10.0. The zero-order valence-electron chi connectivity index (χ0n) is 12.5. The molecule has 1 aromatic rings. The molecule has 4 heteroatoms. The van der Waals surface area contributed by atoms with Gasteiger partial charge in [-0.1, -0.05) is 13.0 Å². The van der Waals surface area contributed by atoms with E-state index in [1.54, 1.807) is 6.07 Å². The molecule has 0 aliphatic heterocycles. The molecule has 1 aromatic carbocycles. The lowest BCUT2D eigenvalue weighted by Gasteiger charge is -2.32. The zero-order chi connectivity index (χ0) is 14.4. The summed E-state index contributed by atoms with van der Waals surface area (Å²) >= 11 is 1.83. The van der Waals surface area contributed by atoms with Gasteiger partial charge < -0.3 is 10.2 Å². The number of benzene rings is 1. The maximum atomic E-state index is 14.1. The molecule has 108 valence electrons. The fraction of sp³-hybridized carbons (Fsp3) is 0.600. The molecule has 2 unspecified atom stereocenters. The van der Waals surface area contributed by atoms with Crippen LogP contribution in [0, 0.1) is 5.82 Å². The second-order valence-corrected chi connectivity index (χ2v) is 5.72. The van der Waals surface area contributed by atoms with Gasteiger partial charge in [0.05, 0.1) is 0 Å². The highest BCUT2D eigenvalue weighted by atomic mass is 32.2. The molecule has 1 N–H and O–H groups in total. The van der Waals surface area contributed by atoms with Gasteiger partial charge in [0.2, 0.25) is 0 Å². The minimum Gasteiger partial charge on any atom is -0.370 e. The first kappa shape index (κ1) is 16.3. The largest absolute Gasteiger partial charge is 0.370 e. The van der Waals surface area contributed by atoms with Crippen molar-refractivity contribution in [3.63, 3.8) is 0 Å². The molecule has 0 amide bonds. The van der Waals surface area contributed by atoms with E-state index in [0.717, 1.165) is 23.4 Å². The van der Waals surface area contributed by atoms with Crippen molar-refractivity contribution in [3.8, 4) is 0 Å². The maximum Gasteiger partial charge on any atom is 0.130 e. The molecule has 0 aliphatic rings. The third kappa shape index (κ3) is 3.86. The summed E-state index contributed by atoms with van der Waals surface area (Å²) in [5.74, 6) is 0.918. The van der Waals surface area contributed by atoms with Crippen molar-refractivity contribution in [1.82, 2.24) is 5.32 Å². The minimum atomic E-state index is -0.134. The normalized spacial score (nSPS) is 14.2. The summed E-state index contributed by atoms with van der Waals surface area (Å²) in [5, 5.41) is 3.13. The molecule has 0 fully saturated rings. The molecule has 2 nitrogen and oxygen atoms in total. The molecule has 0 aromatic heterocycles. The van der Waals surface area contributed by atoms with E-state index in [-0.39, 0.29) is 11.9 Å². The molecular weight excluding hydrogens is 259 g/mol. The van der Waals surface area contributed by atoms with Crippen LogP contribution in [0.1, 0.15) is 31.9 Å². The molecular formula is C15H25FN2S. The van der Waals surface area contributed by atoms with Gasteiger partial charge in [0.15, 0.2) is 0 Å². The van der Waals surface area contributed by atoms with Crippen molar-refractivity contribution in [3.05, 3.63) is 29.6 Å². The minimum absolute atomic E-state index is 0.00503. The van der Waals surface area contributed by atoms with Gasteiger partial charge in [-0.25, -0.2) is 4.39 Å². The number of hydrogen-bond acceptors (Lipinski definition) is 3. The Morgan fingerprint density at radius 2 is 2.11 bits per heavy atom. The van der Waals surface area contributed by atoms with Gasteiger partial charge in [-0.2, -0.15) is 11.8 Å². The maximum absolute atomic E-state index is 14.1. The van der Waals surface area contributed by atoms with Gasteiger partial charge in [-0.3, -0.25) is 0 Å². The molecule has 2 atom stereocenters. The molecule has 1 rings (SSSR count). The topological polar surface area (TPSA) is 15.3 Å². The average molecular weight is 284 g/mol. The number of hydrogen-bond donors (Lipinski definition) is 1. The smallest absolute Gasteiger partial charge is 0.130 e. The van der Waals surface area contributed by atoms with Gasteiger partial charge in [-0.15, -0.1) is 0 Å². The van der Waals surface area contributed by atoms with Crippen LogP contribution in [-0.4, -0.2) is 32.1 Å². The quantitative estimate of drug-likeness (QED) is 0.822. The molecule has 0 heterocycles. The number of anilines is 1. The Bertz CT molecular complexity index is 398. The first-order chi connectivity index (χ1) is 9.06. The first-order valence-corrected chi connectivity index (χ1v) is 8.13. The summed E-state index contributed by atoms with van der Waals surface area (Å²) in [4.78, 5) is 2.21. The molecule has 0 radical (unpaired) electrons. The number of nitrogens with zero attached hydrogens (tertiary/aromatic N) is 1. The highest BCUT2D eigenvalue weighted by Gasteiger charge is 2.20. The molecule has 0 saturated heterocycles. The molecule has 0 saturated carbocycles. The van der Waals surface area contributed by atoms with Crippen LogP contribution in [0.2, 0.25) is 0 Å². The standard InChI is InChI=1S/C15H25FN2S/c1-6-12(10-19-5)18(4)14-9-7-8-13(16)15(14)11(2)17-3/h7-9,11-12,17H,6,10H2,1-5H3. The molecule has 19 heavy (non-hydrogen) atoms. The Balaban J connectivity index is 3.14. The van der Waals surface area contributed by atoms with E-state index in [2.05, 4.69) is 30.4 Å². The Labute approximate surface area is 120 Å². The Morgan fingerprint density at radius 3 is 2.63 bits per heavy atom. The summed E-state index contributed by atoms with van der Waals surface area (Å²) in [6.07, 6.45) is 3.17. The van der Waals surface area contributed by atoms with E-state index in [0.29, 0.717) is 6.04 Å². The highest BCUT2D eigenvalue weighted by Crippen LogP contribution is 2.30. The first-order valence-electron chi connectivity index (χ1n) is 6.74. The van der Waals surface area contributed by atoms with E-state index in [1.165, 1.54) is 6.07 Å². The van der Waals surface area contributed by atoms with Crippen molar-refractivity contribution in [2.75, 3.05) is 31.0 Å².